The molecule has 0 radical (unpaired) electrons. The first kappa shape index (κ1) is 18.8. The molecule has 0 amide bonds. The van der Waals surface area contributed by atoms with Crippen LogP contribution < -0.4 is 4.74 Å². The molecule has 3 rings (SSSR count). The molecule has 26 heavy (non-hydrogen) atoms. The number of benzene rings is 1. The summed E-state index contributed by atoms with van der Waals surface area (Å²) in [5.74, 6) is -5.31. The van der Waals surface area contributed by atoms with Crippen LogP contribution in [0.2, 0.25) is 5.02 Å². The first-order valence-electron chi connectivity index (χ1n) is 7.51. The van der Waals surface area contributed by atoms with Crippen molar-refractivity contribution in [1.82, 2.24) is 14.8 Å². The van der Waals surface area contributed by atoms with Gasteiger partial charge in [0.05, 0.1) is 11.6 Å². The molecule has 1 aliphatic rings. The Morgan fingerprint density at radius 3 is 2.42 bits per heavy atom. The topological polar surface area (TPSA) is 60.2 Å². The molecule has 1 N–H and O–H groups in total. The van der Waals surface area contributed by atoms with Gasteiger partial charge in [0.1, 0.15) is 18.4 Å². The molecule has 142 valence electrons. The van der Waals surface area contributed by atoms with Gasteiger partial charge in [0.2, 0.25) is 0 Å². The van der Waals surface area contributed by atoms with Gasteiger partial charge in [-0.25, -0.2) is 18.4 Å². The molecule has 0 spiro atoms. The fourth-order valence-electron chi connectivity index (χ4n) is 2.73. The Kier molecular flexibility index (Phi) is 4.60. The van der Waals surface area contributed by atoms with E-state index in [0.717, 1.165) is 35.5 Å². The van der Waals surface area contributed by atoms with Gasteiger partial charge in [-0.2, -0.15) is 5.10 Å². The first-order chi connectivity index (χ1) is 12.0. The molecule has 0 saturated heterocycles. The lowest BCUT2D eigenvalue weighted by molar-refractivity contribution is -0.274. The third-order valence-corrected chi connectivity index (χ3v) is 4.43. The minimum Gasteiger partial charge on any atom is -0.406 e. The van der Waals surface area contributed by atoms with Crippen LogP contribution in [0.4, 0.5) is 22.0 Å². The van der Waals surface area contributed by atoms with Crippen LogP contribution in [0.3, 0.4) is 0 Å². The van der Waals surface area contributed by atoms with Crippen LogP contribution in [0.15, 0.2) is 30.9 Å². The number of aliphatic hydroxyl groups is 1. The second kappa shape index (κ2) is 6.34. The Morgan fingerprint density at radius 2 is 1.92 bits per heavy atom. The summed E-state index contributed by atoms with van der Waals surface area (Å²) in [4.78, 5) is 3.64. The van der Waals surface area contributed by atoms with E-state index in [9.17, 15) is 27.1 Å². The summed E-state index contributed by atoms with van der Waals surface area (Å²) < 4.78 is 71.5. The second-order valence-electron chi connectivity index (χ2n) is 6.04. The number of rotatable bonds is 6. The third kappa shape index (κ3) is 3.61. The molecule has 1 aromatic heterocycles. The largest absolute Gasteiger partial charge is 0.573 e. The monoisotopic (exact) mass is 397 g/mol. The van der Waals surface area contributed by atoms with Crippen LogP contribution in [0, 0.1) is 5.92 Å². The molecule has 0 bridgehead atoms. The summed E-state index contributed by atoms with van der Waals surface area (Å²) in [6, 6.07) is 2.46. The second-order valence-corrected chi connectivity index (χ2v) is 6.45. The summed E-state index contributed by atoms with van der Waals surface area (Å²) in [6.07, 6.45) is -2.26. The number of aromatic nitrogens is 3. The highest BCUT2D eigenvalue weighted by atomic mass is 35.5. The molecular weight excluding hydrogens is 385 g/mol. The quantitative estimate of drug-likeness (QED) is 0.754. The van der Waals surface area contributed by atoms with E-state index in [1.54, 1.807) is 0 Å². The van der Waals surface area contributed by atoms with Gasteiger partial charge in [0.15, 0.2) is 5.60 Å². The van der Waals surface area contributed by atoms with Gasteiger partial charge in [0, 0.05) is 11.5 Å². The predicted molar refractivity (Wildman–Crippen MR) is 79.7 cm³/mol. The van der Waals surface area contributed by atoms with E-state index >= 15 is 0 Å². The standard InChI is InChI=1S/C15H13ClF5N3O2/c16-12-5-10(26-15(19,20)21)3-4-11(12)13(25,6-24-8-22-7-23-24)14(17,18)9-1-2-9/h3-5,7-9,25H,1-2,6H2. The summed E-state index contributed by atoms with van der Waals surface area (Å²) in [7, 11) is 0. The minimum atomic E-state index is -4.96. The zero-order valence-corrected chi connectivity index (χ0v) is 13.8. The van der Waals surface area contributed by atoms with Crippen molar-refractivity contribution in [3.63, 3.8) is 0 Å². The Hall–Kier alpha value is -1.94. The lowest BCUT2D eigenvalue weighted by atomic mass is 9.84. The Morgan fingerprint density at radius 1 is 1.23 bits per heavy atom. The number of nitrogens with zero attached hydrogens (tertiary/aromatic N) is 3. The van der Waals surface area contributed by atoms with Crippen LogP contribution >= 0.6 is 11.6 Å². The van der Waals surface area contributed by atoms with Crippen LogP contribution in [0.5, 0.6) is 5.75 Å². The van der Waals surface area contributed by atoms with Gasteiger partial charge in [0.25, 0.3) is 5.92 Å². The highest BCUT2D eigenvalue weighted by molar-refractivity contribution is 6.31. The Balaban J connectivity index is 2.01. The first-order valence-corrected chi connectivity index (χ1v) is 7.89. The molecule has 1 aliphatic carbocycles. The van der Waals surface area contributed by atoms with Crippen LogP contribution in [-0.4, -0.2) is 32.2 Å². The lowest BCUT2D eigenvalue weighted by Crippen LogP contribution is -2.50. The van der Waals surface area contributed by atoms with Gasteiger partial charge >= 0.3 is 6.36 Å². The lowest BCUT2D eigenvalue weighted by Gasteiger charge is -2.37. The van der Waals surface area contributed by atoms with Crippen LogP contribution in [0.1, 0.15) is 18.4 Å². The SMILES string of the molecule is OC(Cn1cncn1)(c1ccc(OC(F)(F)F)cc1Cl)C(F)(F)C1CC1. The predicted octanol–water partition coefficient (Wildman–Crippen LogP) is 3.76. The minimum absolute atomic E-state index is 0.222. The number of alkyl halides is 5. The smallest absolute Gasteiger partial charge is 0.406 e. The van der Waals surface area contributed by atoms with Crippen molar-refractivity contribution in [3.8, 4) is 5.75 Å². The van der Waals surface area contributed by atoms with Crippen molar-refractivity contribution in [2.24, 2.45) is 5.92 Å². The molecule has 1 unspecified atom stereocenters. The molecule has 1 fully saturated rings. The Labute approximate surface area is 149 Å². The summed E-state index contributed by atoms with van der Waals surface area (Å²) in [5.41, 5.74) is -3.20. The third-order valence-electron chi connectivity index (χ3n) is 4.12. The molecule has 1 heterocycles. The van der Waals surface area contributed by atoms with E-state index in [1.165, 1.54) is 0 Å². The van der Waals surface area contributed by atoms with Crippen molar-refractivity contribution in [1.29, 1.82) is 0 Å². The van der Waals surface area contributed by atoms with Gasteiger partial charge in [-0.15, -0.1) is 13.2 Å². The normalized spacial score (nSPS) is 17.8. The van der Waals surface area contributed by atoms with E-state index < -0.39 is 46.7 Å². The molecule has 2 aromatic rings. The maximum Gasteiger partial charge on any atom is 0.573 e. The number of hydrogen-bond donors (Lipinski definition) is 1. The van der Waals surface area contributed by atoms with E-state index in [0.29, 0.717) is 0 Å². The summed E-state index contributed by atoms with van der Waals surface area (Å²) in [6.45, 7) is -0.671. The maximum atomic E-state index is 14.9. The zero-order valence-electron chi connectivity index (χ0n) is 13.1. The van der Waals surface area contributed by atoms with Gasteiger partial charge in [-0.1, -0.05) is 17.7 Å². The van der Waals surface area contributed by atoms with Gasteiger partial charge in [-0.05, 0) is 25.0 Å². The average molecular weight is 398 g/mol. The van der Waals surface area contributed by atoms with Crippen molar-refractivity contribution in [2.75, 3.05) is 0 Å². The number of halogens is 6. The number of ether oxygens (including phenoxy) is 1. The molecular formula is C15H13ClF5N3O2. The molecule has 5 nitrogen and oxygen atoms in total. The average Bonchev–Trinajstić information content (AvgIpc) is 3.25. The van der Waals surface area contributed by atoms with Gasteiger partial charge in [-0.3, -0.25) is 0 Å². The van der Waals surface area contributed by atoms with E-state index in [-0.39, 0.29) is 12.8 Å². The molecule has 1 aromatic carbocycles. The Bertz CT molecular complexity index is 780. The number of hydrogen-bond acceptors (Lipinski definition) is 4. The van der Waals surface area contributed by atoms with E-state index in [1.807, 2.05) is 0 Å². The highest BCUT2D eigenvalue weighted by Crippen LogP contribution is 2.54. The fraction of sp³-hybridized carbons (Fsp3) is 0.467. The fourth-order valence-corrected chi connectivity index (χ4v) is 3.06. The van der Waals surface area contributed by atoms with E-state index in [2.05, 4.69) is 14.8 Å². The van der Waals surface area contributed by atoms with Crippen LogP contribution in [-0.2, 0) is 12.1 Å². The molecule has 0 aliphatic heterocycles. The molecule has 1 saturated carbocycles. The van der Waals surface area contributed by atoms with Crippen molar-refractivity contribution in [2.45, 2.75) is 37.3 Å². The van der Waals surface area contributed by atoms with Crippen molar-refractivity contribution >= 4 is 11.6 Å². The van der Waals surface area contributed by atoms with Crippen LogP contribution in [0.25, 0.3) is 0 Å². The highest BCUT2D eigenvalue weighted by Gasteiger charge is 2.62. The molecule has 1 atom stereocenters. The summed E-state index contributed by atoms with van der Waals surface area (Å²) >= 11 is 5.93. The van der Waals surface area contributed by atoms with Crippen molar-refractivity contribution < 1.29 is 31.8 Å². The molecule has 11 heteroatoms. The maximum absolute atomic E-state index is 14.9. The van der Waals surface area contributed by atoms with E-state index in [4.69, 9.17) is 11.6 Å². The van der Waals surface area contributed by atoms with Crippen molar-refractivity contribution in [3.05, 3.63) is 41.4 Å². The zero-order chi connectivity index (χ0) is 19.2. The summed E-state index contributed by atoms with van der Waals surface area (Å²) in [5, 5.41) is 14.1. The van der Waals surface area contributed by atoms with Gasteiger partial charge < -0.3 is 9.84 Å².